The fraction of sp³-hybridized carbons (Fsp3) is 0.143. The Kier molecular flexibility index (Phi) is 8.39. The predicted octanol–water partition coefficient (Wildman–Crippen LogP) is 3.37. The highest BCUT2D eigenvalue weighted by Gasteiger charge is 2.36. The van der Waals surface area contributed by atoms with E-state index < -0.39 is 29.9 Å². The first-order valence-corrected chi connectivity index (χ1v) is 13.1. The second kappa shape index (κ2) is 12.5. The summed E-state index contributed by atoms with van der Waals surface area (Å²) in [4.78, 5) is 53.2. The van der Waals surface area contributed by atoms with Gasteiger partial charge in [-0.25, -0.2) is 9.59 Å². The second-order valence-electron chi connectivity index (χ2n) is 9.23. The highest BCUT2D eigenvalue weighted by atomic mass is 35.5. The Labute approximate surface area is 248 Å². The third-order valence-electron chi connectivity index (χ3n) is 6.67. The first-order valence-electron chi connectivity index (χ1n) is 12.8. The van der Waals surface area contributed by atoms with E-state index in [1.165, 1.54) is 53.2 Å². The number of carboxylic acid groups (broad SMARTS) is 1. The van der Waals surface area contributed by atoms with Crippen LogP contribution in [0.25, 0.3) is 11.8 Å². The highest BCUT2D eigenvalue weighted by Crippen LogP contribution is 2.35. The van der Waals surface area contributed by atoms with Gasteiger partial charge in [0.25, 0.3) is 5.91 Å². The summed E-state index contributed by atoms with van der Waals surface area (Å²) in [6, 6.07) is 14.5. The van der Waals surface area contributed by atoms with Gasteiger partial charge in [0.1, 0.15) is 6.04 Å². The molecule has 0 saturated carbocycles. The first kappa shape index (κ1) is 28.9. The van der Waals surface area contributed by atoms with E-state index in [0.29, 0.717) is 45.2 Å². The number of fused-ring (bicyclic) bond motifs is 1. The molecule has 1 aliphatic rings. The minimum atomic E-state index is -1.10. The molecule has 1 aromatic heterocycles. The molecule has 5 rings (SSSR count). The van der Waals surface area contributed by atoms with E-state index in [1.807, 2.05) is 0 Å². The number of rotatable bonds is 7. The molecule has 2 heterocycles. The van der Waals surface area contributed by atoms with E-state index in [1.54, 1.807) is 36.4 Å². The Morgan fingerprint density at radius 3 is 2.47 bits per heavy atom. The number of carbonyl (C=O) groups is 4. The number of carboxylic acids is 1. The number of carbonyl (C=O) groups excluding carboxylic acids is 3. The topological polar surface area (TPSA) is 182 Å². The van der Waals surface area contributed by atoms with Gasteiger partial charge in [-0.1, -0.05) is 23.7 Å². The Balaban J connectivity index is 1.49. The maximum absolute atomic E-state index is 13.8. The molecule has 0 radical (unpaired) electrons. The van der Waals surface area contributed by atoms with Crippen LogP contribution < -0.4 is 10.6 Å². The average molecular weight is 603 g/mol. The van der Waals surface area contributed by atoms with E-state index in [4.69, 9.17) is 16.3 Å². The van der Waals surface area contributed by atoms with Gasteiger partial charge in [-0.2, -0.15) is 0 Å². The number of nitrogens with zero attached hydrogens (tertiary/aromatic N) is 6. The summed E-state index contributed by atoms with van der Waals surface area (Å²) in [5.41, 5.74) is 2.99. The molecule has 15 heteroatoms. The molecule has 0 fully saturated rings. The zero-order valence-electron chi connectivity index (χ0n) is 22.5. The van der Waals surface area contributed by atoms with Crippen molar-refractivity contribution in [2.24, 2.45) is 0 Å². The molecule has 0 aliphatic carbocycles. The first-order chi connectivity index (χ1) is 20.7. The van der Waals surface area contributed by atoms with Crippen molar-refractivity contribution in [3.8, 4) is 5.69 Å². The van der Waals surface area contributed by atoms with Crippen LogP contribution in [0.15, 0.2) is 66.7 Å². The van der Waals surface area contributed by atoms with Crippen LogP contribution >= 0.6 is 11.6 Å². The normalized spacial score (nSPS) is 14.2. The number of methoxy groups -OCH3 is 1. The van der Waals surface area contributed by atoms with E-state index in [9.17, 15) is 24.3 Å². The van der Waals surface area contributed by atoms with Crippen LogP contribution in [0.5, 0.6) is 0 Å². The van der Waals surface area contributed by atoms with Crippen molar-refractivity contribution in [3.05, 3.63) is 94.0 Å². The third kappa shape index (κ3) is 6.33. The Morgan fingerprint density at radius 1 is 1.02 bits per heavy atom. The van der Waals surface area contributed by atoms with Crippen LogP contribution in [-0.4, -0.2) is 73.2 Å². The van der Waals surface area contributed by atoms with Crippen molar-refractivity contribution >= 4 is 52.9 Å². The van der Waals surface area contributed by atoms with Crippen molar-refractivity contribution in [1.29, 1.82) is 0 Å². The molecule has 3 amide bonds. The van der Waals surface area contributed by atoms with Gasteiger partial charge >= 0.3 is 12.1 Å². The molecule has 1 aliphatic heterocycles. The van der Waals surface area contributed by atoms with Gasteiger partial charge in [-0.3, -0.25) is 14.9 Å². The molecule has 218 valence electrons. The third-order valence-corrected chi connectivity index (χ3v) is 6.91. The van der Waals surface area contributed by atoms with Crippen LogP contribution in [0.2, 0.25) is 5.02 Å². The maximum atomic E-state index is 13.8. The molecule has 0 spiro atoms. The molecule has 3 aromatic carbocycles. The van der Waals surface area contributed by atoms with Crippen molar-refractivity contribution < 1.29 is 29.0 Å². The number of hydrogen-bond donors (Lipinski definition) is 3. The molecular weight excluding hydrogens is 580 g/mol. The van der Waals surface area contributed by atoms with Crippen molar-refractivity contribution in [3.63, 3.8) is 0 Å². The number of hydrogen-bond acceptors (Lipinski definition) is 9. The summed E-state index contributed by atoms with van der Waals surface area (Å²) in [7, 11) is 1.24. The molecule has 43 heavy (non-hydrogen) atoms. The van der Waals surface area contributed by atoms with E-state index in [0.717, 1.165) is 0 Å². The lowest BCUT2D eigenvalue weighted by Crippen LogP contribution is -2.45. The summed E-state index contributed by atoms with van der Waals surface area (Å²) in [6.07, 6.45) is 2.49. The number of anilines is 2. The average Bonchev–Trinajstić information content (AvgIpc) is 3.54. The van der Waals surface area contributed by atoms with E-state index in [2.05, 4.69) is 31.5 Å². The highest BCUT2D eigenvalue weighted by molar-refractivity contribution is 6.30. The fourth-order valence-electron chi connectivity index (χ4n) is 4.70. The minimum absolute atomic E-state index is 0.0544. The van der Waals surface area contributed by atoms with Gasteiger partial charge in [-0.15, -0.1) is 4.80 Å². The van der Waals surface area contributed by atoms with Crippen LogP contribution in [0.4, 0.5) is 16.2 Å². The van der Waals surface area contributed by atoms with E-state index >= 15 is 0 Å². The number of aromatic carboxylic acids is 1. The standard InChI is InChI=1S/C28H23ClN8O6/c1-43-28(42)31-22-4-2-3-21-20(22)13-14-36(25(21)26(39)30-19-9-5-16(6-10-19)27(40)41)24(38)12-7-17-15-18(29)8-11-23(17)37-34-32-33-35-37/h2-12,15,25H,13-14H2,1H3,(H,30,39)(H,31,42)(H,40,41)/b12-7+. The number of ether oxygens (including phenoxy) is 1. The number of benzene rings is 3. The van der Waals surface area contributed by atoms with Crippen LogP contribution in [0, 0.1) is 0 Å². The summed E-state index contributed by atoms with van der Waals surface area (Å²) >= 11 is 6.19. The summed E-state index contributed by atoms with van der Waals surface area (Å²) < 4.78 is 4.73. The molecule has 1 atom stereocenters. The van der Waals surface area contributed by atoms with Gasteiger partial charge < -0.3 is 20.1 Å². The zero-order valence-corrected chi connectivity index (χ0v) is 23.2. The number of halogens is 1. The van der Waals surface area contributed by atoms with Crippen LogP contribution in [-0.2, 0) is 20.7 Å². The quantitative estimate of drug-likeness (QED) is 0.265. The van der Waals surface area contributed by atoms with Crippen LogP contribution in [0.3, 0.4) is 0 Å². The summed E-state index contributed by atoms with van der Waals surface area (Å²) in [6.45, 7) is 0.142. The number of amides is 3. The van der Waals surface area contributed by atoms with Gasteiger partial charge in [-0.05, 0) is 93.0 Å². The minimum Gasteiger partial charge on any atom is -0.478 e. The number of aromatic nitrogens is 5. The Bertz CT molecular complexity index is 1730. The van der Waals surface area contributed by atoms with Crippen molar-refractivity contribution in [2.45, 2.75) is 12.5 Å². The van der Waals surface area contributed by atoms with E-state index in [-0.39, 0.29) is 12.1 Å². The maximum Gasteiger partial charge on any atom is 0.411 e. The molecule has 1 unspecified atom stereocenters. The zero-order chi connectivity index (χ0) is 30.5. The fourth-order valence-corrected chi connectivity index (χ4v) is 4.88. The molecule has 4 aromatic rings. The molecular formula is C28H23ClN8O6. The molecule has 0 saturated heterocycles. The van der Waals surface area contributed by atoms with Crippen LogP contribution in [0.1, 0.15) is 33.1 Å². The largest absolute Gasteiger partial charge is 0.478 e. The van der Waals surface area contributed by atoms with Crippen molar-refractivity contribution in [1.82, 2.24) is 30.5 Å². The van der Waals surface area contributed by atoms with Gasteiger partial charge in [0.15, 0.2) is 0 Å². The molecule has 0 bridgehead atoms. The van der Waals surface area contributed by atoms with Gasteiger partial charge in [0.2, 0.25) is 5.91 Å². The monoisotopic (exact) mass is 602 g/mol. The Morgan fingerprint density at radius 2 is 1.77 bits per heavy atom. The molecule has 3 N–H and O–H groups in total. The summed E-state index contributed by atoms with van der Waals surface area (Å²) in [5, 5.41) is 29.6. The lowest BCUT2D eigenvalue weighted by atomic mass is 9.90. The van der Waals surface area contributed by atoms with Gasteiger partial charge in [0.05, 0.1) is 18.4 Å². The predicted molar refractivity (Wildman–Crippen MR) is 154 cm³/mol. The molecule has 14 nitrogen and oxygen atoms in total. The van der Waals surface area contributed by atoms with Gasteiger partial charge in [0, 0.05) is 34.6 Å². The Hall–Kier alpha value is -5.63. The lowest BCUT2D eigenvalue weighted by molar-refractivity contribution is -0.135. The van der Waals surface area contributed by atoms with Crippen molar-refractivity contribution in [2.75, 3.05) is 24.3 Å². The SMILES string of the molecule is COC(=O)Nc1cccc2c1CCN(C(=O)/C=C/c1cc(Cl)ccc1-n1nnnn1)C2C(=O)Nc1ccc(C(=O)O)cc1. The summed E-state index contributed by atoms with van der Waals surface area (Å²) in [5.74, 6) is -2.12. The number of nitrogens with one attached hydrogen (secondary N) is 2. The lowest BCUT2D eigenvalue weighted by Gasteiger charge is -2.36. The smallest absolute Gasteiger partial charge is 0.411 e. The second-order valence-corrected chi connectivity index (χ2v) is 9.67.